The number of hydrogen-bond donors (Lipinski definition) is 1. The molecule has 0 aliphatic carbocycles. The number of anilines is 1. The van der Waals surface area contributed by atoms with Gasteiger partial charge in [-0.25, -0.2) is 4.79 Å². The normalized spacial score (nSPS) is 12.6. The van der Waals surface area contributed by atoms with Crippen LogP contribution in [0.25, 0.3) is 6.08 Å². The van der Waals surface area contributed by atoms with Gasteiger partial charge in [0.05, 0.1) is 11.3 Å². The molecule has 0 aliphatic rings. The summed E-state index contributed by atoms with van der Waals surface area (Å²) in [6, 6.07) is 9.14. The molecule has 0 fully saturated rings. The molecule has 1 atom stereocenters. The van der Waals surface area contributed by atoms with Gasteiger partial charge in [0, 0.05) is 16.1 Å². The number of alkyl halides is 3. The van der Waals surface area contributed by atoms with Crippen LogP contribution in [-0.4, -0.2) is 18.0 Å². The molecular weight excluding hydrogens is 418 g/mol. The first-order chi connectivity index (χ1) is 13.1. The van der Waals surface area contributed by atoms with E-state index in [4.69, 9.17) is 27.9 Å². The zero-order valence-corrected chi connectivity index (χ0v) is 15.9. The average molecular weight is 432 g/mol. The lowest BCUT2D eigenvalue weighted by Gasteiger charge is -2.16. The minimum atomic E-state index is -4.63. The molecule has 0 heterocycles. The van der Waals surface area contributed by atoms with Crippen LogP contribution >= 0.6 is 23.2 Å². The minimum absolute atomic E-state index is 0.311. The maximum Gasteiger partial charge on any atom is 0.418 e. The Bertz CT molecular complexity index is 914. The second-order valence-corrected chi connectivity index (χ2v) is 6.45. The van der Waals surface area contributed by atoms with Crippen LogP contribution in [0.5, 0.6) is 0 Å². The number of halogens is 5. The van der Waals surface area contributed by atoms with Crippen LogP contribution in [0.1, 0.15) is 18.1 Å². The molecule has 2 aromatic carbocycles. The van der Waals surface area contributed by atoms with E-state index in [2.05, 4.69) is 5.32 Å². The highest BCUT2D eigenvalue weighted by atomic mass is 35.5. The van der Waals surface area contributed by atoms with Gasteiger partial charge in [-0.2, -0.15) is 13.2 Å². The Kier molecular flexibility index (Phi) is 7.10. The molecule has 28 heavy (non-hydrogen) atoms. The van der Waals surface area contributed by atoms with Gasteiger partial charge in [0.15, 0.2) is 6.10 Å². The first-order valence-electron chi connectivity index (χ1n) is 7.89. The number of nitrogens with one attached hydrogen (secondary N) is 1. The Balaban J connectivity index is 2.01. The van der Waals surface area contributed by atoms with Crippen LogP contribution in [0, 0.1) is 0 Å². The van der Waals surface area contributed by atoms with Crippen LogP contribution in [0.2, 0.25) is 10.0 Å². The van der Waals surface area contributed by atoms with Crippen molar-refractivity contribution in [2.75, 3.05) is 5.32 Å². The third-order valence-electron chi connectivity index (χ3n) is 3.51. The van der Waals surface area contributed by atoms with Gasteiger partial charge < -0.3 is 10.1 Å². The van der Waals surface area contributed by atoms with E-state index in [-0.39, 0.29) is 0 Å². The minimum Gasteiger partial charge on any atom is -0.449 e. The lowest BCUT2D eigenvalue weighted by molar-refractivity contribution is -0.148. The van der Waals surface area contributed by atoms with Gasteiger partial charge in [-0.15, -0.1) is 0 Å². The van der Waals surface area contributed by atoms with E-state index in [9.17, 15) is 22.8 Å². The fraction of sp³-hybridized carbons (Fsp3) is 0.158. The zero-order chi connectivity index (χ0) is 20.9. The Morgan fingerprint density at radius 3 is 2.46 bits per heavy atom. The summed E-state index contributed by atoms with van der Waals surface area (Å²) < 4.78 is 43.8. The third-order valence-corrected chi connectivity index (χ3v) is 4.08. The summed E-state index contributed by atoms with van der Waals surface area (Å²) in [5.74, 6) is -1.76. The van der Waals surface area contributed by atoms with Crippen LogP contribution < -0.4 is 5.32 Å². The number of para-hydroxylation sites is 1. The molecule has 1 unspecified atom stereocenters. The van der Waals surface area contributed by atoms with E-state index in [1.54, 1.807) is 12.1 Å². The van der Waals surface area contributed by atoms with Crippen molar-refractivity contribution in [1.82, 2.24) is 0 Å². The summed E-state index contributed by atoms with van der Waals surface area (Å²) in [7, 11) is 0. The van der Waals surface area contributed by atoms with Crippen LogP contribution in [0.3, 0.4) is 0 Å². The predicted octanol–water partition coefficient (Wildman–Crippen LogP) is 5.60. The van der Waals surface area contributed by atoms with Crippen molar-refractivity contribution >= 4 is 46.8 Å². The summed E-state index contributed by atoms with van der Waals surface area (Å²) in [5.41, 5.74) is -0.926. The fourth-order valence-corrected chi connectivity index (χ4v) is 2.61. The number of rotatable bonds is 5. The van der Waals surface area contributed by atoms with Gasteiger partial charge in [0.2, 0.25) is 0 Å². The summed E-state index contributed by atoms with van der Waals surface area (Å²) in [6.07, 6.45) is -3.54. The number of amides is 1. The Hall–Kier alpha value is -2.51. The van der Waals surface area contributed by atoms with Crippen molar-refractivity contribution in [3.05, 3.63) is 69.7 Å². The molecule has 1 amide bonds. The van der Waals surface area contributed by atoms with Gasteiger partial charge in [-0.05, 0) is 42.8 Å². The van der Waals surface area contributed by atoms with Gasteiger partial charge in [0.1, 0.15) is 0 Å². The fourth-order valence-electron chi connectivity index (χ4n) is 2.14. The summed E-state index contributed by atoms with van der Waals surface area (Å²) in [6.45, 7) is 1.24. The maximum atomic E-state index is 13.0. The topological polar surface area (TPSA) is 55.4 Å². The molecule has 0 aromatic heterocycles. The van der Waals surface area contributed by atoms with Crippen molar-refractivity contribution in [3.8, 4) is 0 Å². The molecule has 0 bridgehead atoms. The maximum absolute atomic E-state index is 13.0. The van der Waals surface area contributed by atoms with Gasteiger partial charge in [-0.1, -0.05) is 41.4 Å². The molecule has 0 spiro atoms. The number of ether oxygens (including phenoxy) is 1. The molecule has 2 rings (SSSR count). The molecule has 1 N–H and O–H groups in total. The molecule has 148 valence electrons. The number of carbonyl (C=O) groups is 2. The molecule has 2 aromatic rings. The van der Waals surface area contributed by atoms with Crippen molar-refractivity contribution in [3.63, 3.8) is 0 Å². The number of esters is 1. The second kappa shape index (κ2) is 9.12. The number of carbonyl (C=O) groups excluding carboxylic acids is 2. The molecule has 4 nitrogen and oxygen atoms in total. The van der Waals surface area contributed by atoms with Gasteiger partial charge >= 0.3 is 12.1 Å². The first kappa shape index (κ1) is 21.8. The predicted molar refractivity (Wildman–Crippen MR) is 101 cm³/mol. The summed E-state index contributed by atoms with van der Waals surface area (Å²) >= 11 is 11.7. The average Bonchev–Trinajstić information content (AvgIpc) is 2.60. The van der Waals surface area contributed by atoms with Gasteiger partial charge in [0.25, 0.3) is 5.91 Å². The first-order valence-corrected chi connectivity index (χ1v) is 8.64. The zero-order valence-electron chi connectivity index (χ0n) is 14.4. The SMILES string of the molecule is CC(OC(=O)C=Cc1ccc(Cl)cc1Cl)C(=O)Nc1ccccc1C(F)(F)F. The van der Waals surface area contributed by atoms with Crippen molar-refractivity contribution in [2.45, 2.75) is 19.2 Å². The largest absolute Gasteiger partial charge is 0.449 e. The molecule has 0 saturated carbocycles. The Morgan fingerprint density at radius 1 is 1.14 bits per heavy atom. The number of hydrogen-bond acceptors (Lipinski definition) is 3. The van der Waals surface area contributed by atoms with Gasteiger partial charge in [-0.3, -0.25) is 4.79 Å². The van der Waals surface area contributed by atoms with E-state index in [1.165, 1.54) is 31.2 Å². The quantitative estimate of drug-likeness (QED) is 0.495. The lowest BCUT2D eigenvalue weighted by atomic mass is 10.1. The number of benzene rings is 2. The third kappa shape index (κ3) is 6.00. The van der Waals surface area contributed by atoms with E-state index >= 15 is 0 Å². The molecule has 9 heteroatoms. The Labute approximate surface area is 168 Å². The van der Waals surface area contributed by atoms with Crippen LogP contribution in [0.15, 0.2) is 48.5 Å². The van der Waals surface area contributed by atoms with Crippen molar-refractivity contribution in [1.29, 1.82) is 0 Å². The van der Waals surface area contributed by atoms with Crippen molar-refractivity contribution < 1.29 is 27.5 Å². The molecule has 0 aliphatic heterocycles. The van der Waals surface area contributed by atoms with Crippen molar-refractivity contribution in [2.24, 2.45) is 0 Å². The lowest BCUT2D eigenvalue weighted by Crippen LogP contribution is -2.30. The van der Waals surface area contributed by atoms with E-state index in [0.717, 1.165) is 18.2 Å². The monoisotopic (exact) mass is 431 g/mol. The highest BCUT2D eigenvalue weighted by Gasteiger charge is 2.34. The smallest absolute Gasteiger partial charge is 0.418 e. The highest BCUT2D eigenvalue weighted by Crippen LogP contribution is 2.34. The van der Waals surface area contributed by atoms with Crippen LogP contribution in [-0.2, 0) is 20.5 Å². The summed E-state index contributed by atoms with van der Waals surface area (Å²) in [4.78, 5) is 23.9. The molecule has 0 radical (unpaired) electrons. The van der Waals surface area contributed by atoms with Crippen LogP contribution in [0.4, 0.5) is 18.9 Å². The van der Waals surface area contributed by atoms with E-state index < -0.39 is 35.4 Å². The second-order valence-electron chi connectivity index (χ2n) is 5.61. The Morgan fingerprint density at radius 2 is 1.82 bits per heavy atom. The van der Waals surface area contributed by atoms with E-state index in [0.29, 0.717) is 15.6 Å². The standard InChI is InChI=1S/C19H14Cl2F3NO3/c1-11(18(27)25-16-5-3-2-4-14(16)19(22,23)24)28-17(26)9-7-12-6-8-13(20)10-15(12)21/h2-11H,1H3,(H,25,27). The van der Waals surface area contributed by atoms with E-state index in [1.807, 2.05) is 0 Å². The molecular formula is C19H14Cl2F3NO3. The highest BCUT2D eigenvalue weighted by molar-refractivity contribution is 6.35. The molecule has 0 saturated heterocycles. The summed E-state index contributed by atoms with van der Waals surface area (Å²) in [5, 5.41) is 2.85.